The molecule has 2 heterocycles. The summed E-state index contributed by atoms with van der Waals surface area (Å²) in [5, 5.41) is 6.04. The smallest absolute Gasteiger partial charge is 0.408 e. The number of ether oxygens (including phenoxy) is 2. The van der Waals surface area contributed by atoms with Crippen LogP contribution in [0, 0.1) is 11.7 Å². The largest absolute Gasteiger partial charge is 0.444 e. The van der Waals surface area contributed by atoms with Crippen LogP contribution in [0.25, 0.3) is 0 Å². The second-order valence-electron chi connectivity index (χ2n) is 10.6. The minimum Gasteiger partial charge on any atom is -0.444 e. The lowest BCUT2D eigenvalue weighted by Crippen LogP contribution is -2.50. The molecule has 0 unspecified atom stereocenters. The van der Waals surface area contributed by atoms with E-state index in [4.69, 9.17) is 21.1 Å². The van der Waals surface area contributed by atoms with E-state index in [9.17, 15) is 14.4 Å². The van der Waals surface area contributed by atoms with E-state index in [0.29, 0.717) is 35.4 Å². The van der Waals surface area contributed by atoms with Gasteiger partial charge in [-0.3, -0.25) is 9.59 Å². The lowest BCUT2D eigenvalue weighted by Gasteiger charge is -2.27. The molecule has 3 amide bonds. The zero-order valence-corrected chi connectivity index (χ0v) is 23.8. The van der Waals surface area contributed by atoms with Crippen LogP contribution in [-0.4, -0.2) is 55.1 Å². The summed E-state index contributed by atoms with van der Waals surface area (Å²) in [6.45, 7) is 7.03. The van der Waals surface area contributed by atoms with Crippen LogP contribution in [0.4, 0.5) is 14.9 Å². The number of fused-ring (bicyclic) bond motifs is 1. The van der Waals surface area contributed by atoms with Gasteiger partial charge in [0, 0.05) is 35.4 Å². The second kappa shape index (κ2) is 12.6. The van der Waals surface area contributed by atoms with E-state index in [0.717, 1.165) is 18.4 Å². The Morgan fingerprint density at radius 1 is 1.18 bits per heavy atom. The summed E-state index contributed by atoms with van der Waals surface area (Å²) in [6, 6.07) is 8.76. The van der Waals surface area contributed by atoms with Crippen molar-refractivity contribution in [3.8, 4) is 0 Å². The minimum atomic E-state index is -0.932. The van der Waals surface area contributed by atoms with E-state index >= 15 is 4.39 Å². The average molecular weight is 578 g/mol. The molecule has 1 atom stereocenters. The first-order valence-electron chi connectivity index (χ1n) is 12.9. The molecule has 0 spiro atoms. The van der Waals surface area contributed by atoms with E-state index in [1.165, 1.54) is 28.8 Å². The van der Waals surface area contributed by atoms with Crippen LogP contribution >= 0.6 is 23.4 Å². The van der Waals surface area contributed by atoms with Crippen LogP contribution in [0.1, 0.15) is 49.5 Å². The third kappa shape index (κ3) is 7.86. The van der Waals surface area contributed by atoms with Gasteiger partial charge in [-0.05, 0) is 69.4 Å². The summed E-state index contributed by atoms with van der Waals surface area (Å²) in [5.74, 6) is -1.19. The van der Waals surface area contributed by atoms with Crippen molar-refractivity contribution in [1.82, 2.24) is 10.6 Å². The molecule has 0 aliphatic carbocycles. The van der Waals surface area contributed by atoms with Crippen LogP contribution in [0.2, 0.25) is 5.02 Å². The SMILES string of the molecule is CC(C)(C)OC(=O)N[C@H]1CSc2cc(F)c(C(=O)NCC3CCOCC3)cc2N(Cc2ccc(Cl)cc2)C1=O. The highest BCUT2D eigenvalue weighted by Gasteiger charge is 2.34. The number of nitrogens with one attached hydrogen (secondary N) is 2. The van der Waals surface area contributed by atoms with Gasteiger partial charge >= 0.3 is 6.09 Å². The standard InChI is InChI=1S/C28H33ClFN3O5S/c1-28(2,3)38-27(36)32-22-16-39-24-13-21(30)20(25(34)31-14-17-8-10-37-11-9-17)12-23(24)33(26(22)35)15-18-4-6-19(29)7-5-18/h4-7,12-13,17,22H,8-11,14-16H2,1-3H3,(H,31,34)(H,32,36)/t22-/m0/s1. The normalized spacial score (nSPS) is 18.2. The summed E-state index contributed by atoms with van der Waals surface area (Å²) in [7, 11) is 0. The number of carbonyl (C=O) groups excluding carboxylic acids is 3. The molecule has 39 heavy (non-hydrogen) atoms. The van der Waals surface area contributed by atoms with Gasteiger partial charge < -0.3 is 25.0 Å². The van der Waals surface area contributed by atoms with Crippen molar-refractivity contribution in [3.05, 3.63) is 58.4 Å². The van der Waals surface area contributed by atoms with Crippen LogP contribution in [0.5, 0.6) is 0 Å². The van der Waals surface area contributed by atoms with Crippen LogP contribution in [0.3, 0.4) is 0 Å². The third-order valence-corrected chi connectivity index (χ3v) is 7.78. The van der Waals surface area contributed by atoms with Gasteiger partial charge in [0.25, 0.3) is 11.8 Å². The lowest BCUT2D eigenvalue weighted by molar-refractivity contribution is -0.120. The van der Waals surface area contributed by atoms with Crippen molar-refractivity contribution in [2.45, 2.75) is 56.7 Å². The molecule has 210 valence electrons. The summed E-state index contributed by atoms with van der Waals surface area (Å²) in [5.41, 5.74) is 0.281. The predicted octanol–water partition coefficient (Wildman–Crippen LogP) is 5.17. The summed E-state index contributed by atoms with van der Waals surface area (Å²) < 4.78 is 25.9. The Kier molecular flexibility index (Phi) is 9.40. The maximum atomic E-state index is 15.2. The van der Waals surface area contributed by atoms with E-state index in [1.54, 1.807) is 45.0 Å². The fraction of sp³-hybridized carbons (Fsp3) is 0.464. The first kappa shape index (κ1) is 29.2. The van der Waals surface area contributed by atoms with E-state index < -0.39 is 35.4 Å². The molecule has 11 heteroatoms. The molecule has 1 saturated heterocycles. The first-order chi connectivity index (χ1) is 18.5. The van der Waals surface area contributed by atoms with Gasteiger partial charge in [0.05, 0.1) is 17.8 Å². The molecule has 2 aromatic rings. The van der Waals surface area contributed by atoms with Crippen LogP contribution in [0.15, 0.2) is 41.3 Å². The number of benzene rings is 2. The number of hydrogen-bond acceptors (Lipinski definition) is 6. The van der Waals surface area contributed by atoms with Gasteiger partial charge in [-0.1, -0.05) is 23.7 Å². The Balaban J connectivity index is 1.62. The van der Waals surface area contributed by atoms with Gasteiger partial charge in [0.1, 0.15) is 17.5 Å². The molecule has 0 bridgehead atoms. The van der Waals surface area contributed by atoms with Crippen molar-refractivity contribution in [3.63, 3.8) is 0 Å². The van der Waals surface area contributed by atoms with Crippen molar-refractivity contribution in [1.29, 1.82) is 0 Å². The molecule has 1 fully saturated rings. The quantitative estimate of drug-likeness (QED) is 0.492. The third-order valence-electron chi connectivity index (χ3n) is 6.39. The number of halogens is 2. The maximum absolute atomic E-state index is 15.2. The number of thioether (sulfide) groups is 1. The Morgan fingerprint density at radius 2 is 1.87 bits per heavy atom. The van der Waals surface area contributed by atoms with Crippen LogP contribution < -0.4 is 15.5 Å². The number of hydrogen-bond donors (Lipinski definition) is 2. The van der Waals surface area contributed by atoms with E-state index in [2.05, 4.69) is 10.6 Å². The second-order valence-corrected chi connectivity index (χ2v) is 12.1. The maximum Gasteiger partial charge on any atom is 0.408 e. The number of nitrogens with zero attached hydrogens (tertiary/aromatic N) is 1. The fourth-order valence-corrected chi connectivity index (χ4v) is 5.57. The van der Waals surface area contributed by atoms with Gasteiger partial charge in [-0.2, -0.15) is 0 Å². The number of alkyl carbamates (subject to hydrolysis) is 1. The van der Waals surface area contributed by atoms with E-state index in [1.807, 2.05) is 0 Å². The highest BCUT2D eigenvalue weighted by Crippen LogP contribution is 2.37. The molecular weight excluding hydrogens is 545 g/mol. The average Bonchev–Trinajstić information content (AvgIpc) is 2.99. The number of rotatable bonds is 6. The highest BCUT2D eigenvalue weighted by atomic mass is 35.5. The molecule has 2 aromatic carbocycles. The zero-order chi connectivity index (χ0) is 28.2. The molecule has 2 N–H and O–H groups in total. The molecular formula is C28H33ClFN3O5S. The molecule has 0 aromatic heterocycles. The molecule has 2 aliphatic heterocycles. The fourth-order valence-electron chi connectivity index (χ4n) is 4.37. The van der Waals surface area contributed by atoms with E-state index in [-0.39, 0.29) is 23.8 Å². The Labute approximate surface area is 236 Å². The molecule has 8 nitrogen and oxygen atoms in total. The Morgan fingerprint density at radius 3 is 2.54 bits per heavy atom. The van der Waals surface area contributed by atoms with Gasteiger partial charge in [-0.25, -0.2) is 9.18 Å². The molecule has 0 radical (unpaired) electrons. The van der Waals surface area contributed by atoms with Gasteiger partial charge in [0.15, 0.2) is 0 Å². The number of anilines is 1. The Hall–Kier alpha value is -2.82. The van der Waals surface area contributed by atoms with Crippen LogP contribution in [-0.2, 0) is 20.8 Å². The topological polar surface area (TPSA) is 97.0 Å². The summed E-state index contributed by atoms with van der Waals surface area (Å²) >= 11 is 7.27. The van der Waals surface area contributed by atoms with Crippen molar-refractivity contribution >= 4 is 47.0 Å². The zero-order valence-electron chi connectivity index (χ0n) is 22.2. The van der Waals surface area contributed by atoms with Crippen molar-refractivity contribution in [2.75, 3.05) is 30.4 Å². The Bertz CT molecular complexity index is 1210. The number of carbonyl (C=O) groups is 3. The predicted molar refractivity (Wildman–Crippen MR) is 149 cm³/mol. The van der Waals surface area contributed by atoms with Crippen molar-refractivity contribution in [2.24, 2.45) is 5.92 Å². The monoisotopic (exact) mass is 577 g/mol. The summed E-state index contributed by atoms with van der Waals surface area (Å²) in [6.07, 6.45) is 0.941. The van der Waals surface area contributed by atoms with Crippen molar-refractivity contribution < 1.29 is 28.2 Å². The number of amides is 3. The first-order valence-corrected chi connectivity index (χ1v) is 14.2. The molecule has 4 rings (SSSR count). The molecule has 0 saturated carbocycles. The van der Waals surface area contributed by atoms with Gasteiger partial charge in [0.2, 0.25) is 0 Å². The molecule has 2 aliphatic rings. The summed E-state index contributed by atoms with van der Waals surface area (Å²) in [4.78, 5) is 41.3. The minimum absolute atomic E-state index is 0.130. The van der Waals surface area contributed by atoms with Gasteiger partial charge in [-0.15, -0.1) is 11.8 Å². The highest BCUT2D eigenvalue weighted by molar-refractivity contribution is 7.99. The lowest BCUT2D eigenvalue weighted by atomic mass is 10.0.